The van der Waals surface area contributed by atoms with Crippen molar-refractivity contribution >= 4 is 29.0 Å². The van der Waals surface area contributed by atoms with Crippen molar-refractivity contribution in [3.63, 3.8) is 0 Å². The van der Waals surface area contributed by atoms with Gasteiger partial charge in [0.15, 0.2) is 0 Å². The largest absolute Gasteiger partial charge is 0.392 e. The van der Waals surface area contributed by atoms with Gasteiger partial charge in [-0.05, 0) is 29.8 Å². The van der Waals surface area contributed by atoms with Crippen molar-refractivity contribution in [1.82, 2.24) is 4.98 Å². The lowest BCUT2D eigenvalue weighted by atomic mass is 10.2. The summed E-state index contributed by atoms with van der Waals surface area (Å²) >= 11 is 5.78. The number of hydrogen-bond donors (Lipinski definition) is 2. The van der Waals surface area contributed by atoms with E-state index in [2.05, 4.69) is 10.3 Å². The van der Waals surface area contributed by atoms with Crippen LogP contribution in [-0.2, 0) is 11.4 Å². The van der Waals surface area contributed by atoms with Crippen LogP contribution in [-0.4, -0.2) is 29.6 Å². The first-order valence-electron chi connectivity index (χ1n) is 6.41. The van der Waals surface area contributed by atoms with Gasteiger partial charge >= 0.3 is 0 Å². The number of halogens is 1. The molecule has 0 fully saturated rings. The molecule has 110 valence electrons. The molecule has 0 unspecified atom stereocenters. The molecule has 0 spiro atoms. The third-order valence-corrected chi connectivity index (χ3v) is 3.13. The van der Waals surface area contributed by atoms with Crippen molar-refractivity contribution in [2.45, 2.75) is 6.61 Å². The Labute approximate surface area is 128 Å². The number of aliphatic hydroxyl groups is 1. The van der Waals surface area contributed by atoms with Crippen LogP contribution in [0.5, 0.6) is 0 Å². The number of benzene rings is 1. The Morgan fingerprint density at radius 3 is 2.57 bits per heavy atom. The van der Waals surface area contributed by atoms with Crippen LogP contribution in [0.3, 0.4) is 0 Å². The van der Waals surface area contributed by atoms with E-state index < -0.39 is 0 Å². The van der Waals surface area contributed by atoms with Crippen molar-refractivity contribution in [3.05, 3.63) is 53.2 Å². The van der Waals surface area contributed by atoms with Gasteiger partial charge in [-0.2, -0.15) is 0 Å². The molecule has 0 radical (unpaired) electrons. The highest BCUT2D eigenvalue weighted by atomic mass is 35.5. The number of rotatable bonds is 5. The molecule has 21 heavy (non-hydrogen) atoms. The zero-order valence-electron chi connectivity index (χ0n) is 11.6. The second-order valence-corrected chi connectivity index (χ2v) is 5.03. The number of hydrogen-bond acceptors (Lipinski definition) is 4. The number of nitrogens with one attached hydrogen (secondary N) is 1. The van der Waals surface area contributed by atoms with E-state index in [1.54, 1.807) is 54.5 Å². The minimum atomic E-state index is -0.147. The lowest BCUT2D eigenvalue weighted by Gasteiger charge is -2.17. The van der Waals surface area contributed by atoms with Crippen LogP contribution in [0.1, 0.15) is 5.56 Å². The number of aliphatic hydroxyl groups excluding tert-OH is 1. The Hall–Kier alpha value is -2.11. The van der Waals surface area contributed by atoms with E-state index in [-0.39, 0.29) is 19.1 Å². The molecule has 5 nitrogen and oxygen atoms in total. The number of carbonyl (C=O) groups is 1. The van der Waals surface area contributed by atoms with E-state index in [9.17, 15) is 4.79 Å². The lowest BCUT2D eigenvalue weighted by molar-refractivity contribution is -0.114. The zero-order chi connectivity index (χ0) is 15.2. The van der Waals surface area contributed by atoms with Crippen LogP contribution in [0, 0.1) is 0 Å². The minimum Gasteiger partial charge on any atom is -0.392 e. The van der Waals surface area contributed by atoms with E-state index in [4.69, 9.17) is 16.7 Å². The Bertz CT molecular complexity index is 599. The zero-order valence-corrected chi connectivity index (χ0v) is 12.3. The summed E-state index contributed by atoms with van der Waals surface area (Å²) in [6.45, 7) is 0.162. The van der Waals surface area contributed by atoms with Crippen LogP contribution in [0.4, 0.5) is 11.5 Å². The molecule has 2 rings (SSSR count). The molecule has 1 amide bonds. The van der Waals surface area contributed by atoms with Crippen LogP contribution >= 0.6 is 11.6 Å². The summed E-state index contributed by atoms with van der Waals surface area (Å²) in [6.07, 6.45) is 1.54. The van der Waals surface area contributed by atoms with Gasteiger partial charge in [-0.25, -0.2) is 4.98 Å². The molecule has 1 aromatic heterocycles. The molecule has 0 bridgehead atoms. The quantitative estimate of drug-likeness (QED) is 0.889. The first-order chi connectivity index (χ1) is 10.1. The Kier molecular flexibility index (Phi) is 5.14. The summed E-state index contributed by atoms with van der Waals surface area (Å²) in [6, 6.07) is 10.5. The van der Waals surface area contributed by atoms with Gasteiger partial charge in [0.2, 0.25) is 5.91 Å². The van der Waals surface area contributed by atoms with Crippen molar-refractivity contribution in [1.29, 1.82) is 0 Å². The van der Waals surface area contributed by atoms with Crippen LogP contribution < -0.4 is 10.2 Å². The highest BCUT2D eigenvalue weighted by molar-refractivity contribution is 6.30. The SMILES string of the molecule is CN(CC(=O)Nc1ccc(CO)cc1)c1ccc(Cl)cn1. The Morgan fingerprint density at radius 2 is 2.00 bits per heavy atom. The standard InChI is InChI=1S/C15H16ClN3O2/c1-19(14-7-4-12(16)8-17-14)9-15(21)18-13-5-2-11(10-20)3-6-13/h2-8,20H,9-10H2,1H3,(H,18,21). The smallest absolute Gasteiger partial charge is 0.243 e. The Balaban J connectivity index is 1.92. The maximum atomic E-state index is 12.0. The molecular formula is C15H16ClN3O2. The maximum Gasteiger partial charge on any atom is 0.243 e. The number of amides is 1. The van der Waals surface area contributed by atoms with E-state index in [1.807, 2.05) is 0 Å². The van der Waals surface area contributed by atoms with Gasteiger partial charge in [0.1, 0.15) is 5.82 Å². The molecule has 6 heteroatoms. The number of aromatic nitrogens is 1. The van der Waals surface area contributed by atoms with Gasteiger partial charge in [-0.3, -0.25) is 4.79 Å². The van der Waals surface area contributed by atoms with Gasteiger partial charge in [0, 0.05) is 18.9 Å². The van der Waals surface area contributed by atoms with E-state index in [0.717, 1.165) is 5.56 Å². The summed E-state index contributed by atoms with van der Waals surface area (Å²) in [5.74, 6) is 0.524. The Morgan fingerprint density at radius 1 is 1.29 bits per heavy atom. The molecular weight excluding hydrogens is 290 g/mol. The van der Waals surface area contributed by atoms with E-state index >= 15 is 0 Å². The third-order valence-electron chi connectivity index (χ3n) is 2.90. The van der Waals surface area contributed by atoms with E-state index in [0.29, 0.717) is 16.5 Å². The lowest BCUT2D eigenvalue weighted by Crippen LogP contribution is -2.30. The molecule has 0 atom stereocenters. The highest BCUT2D eigenvalue weighted by Gasteiger charge is 2.08. The van der Waals surface area contributed by atoms with Crippen LogP contribution in [0.25, 0.3) is 0 Å². The first-order valence-corrected chi connectivity index (χ1v) is 6.78. The molecule has 2 N–H and O–H groups in total. The van der Waals surface area contributed by atoms with Crippen molar-refractivity contribution in [2.75, 3.05) is 23.8 Å². The summed E-state index contributed by atoms with van der Waals surface area (Å²) in [4.78, 5) is 17.8. The molecule has 1 heterocycles. The summed E-state index contributed by atoms with van der Waals surface area (Å²) < 4.78 is 0. The number of pyridine rings is 1. The number of anilines is 2. The second-order valence-electron chi connectivity index (χ2n) is 4.59. The number of likely N-dealkylation sites (N-methyl/N-ethyl adjacent to an activating group) is 1. The van der Waals surface area contributed by atoms with Crippen molar-refractivity contribution < 1.29 is 9.90 Å². The normalized spacial score (nSPS) is 10.2. The van der Waals surface area contributed by atoms with Crippen LogP contribution in [0.15, 0.2) is 42.6 Å². The predicted molar refractivity (Wildman–Crippen MR) is 83.5 cm³/mol. The topological polar surface area (TPSA) is 65.5 Å². The summed E-state index contributed by atoms with van der Waals surface area (Å²) in [5.41, 5.74) is 1.49. The molecule has 0 saturated carbocycles. The molecule has 0 aliphatic heterocycles. The summed E-state index contributed by atoms with van der Waals surface area (Å²) in [7, 11) is 1.78. The molecule has 1 aromatic carbocycles. The van der Waals surface area contributed by atoms with E-state index in [1.165, 1.54) is 0 Å². The van der Waals surface area contributed by atoms with Gasteiger partial charge in [0.25, 0.3) is 0 Å². The van der Waals surface area contributed by atoms with Crippen LogP contribution in [0.2, 0.25) is 5.02 Å². The number of nitrogens with zero attached hydrogens (tertiary/aromatic N) is 2. The van der Waals surface area contributed by atoms with Crippen molar-refractivity contribution in [3.8, 4) is 0 Å². The van der Waals surface area contributed by atoms with Gasteiger partial charge in [0.05, 0.1) is 18.2 Å². The first kappa shape index (κ1) is 15.3. The maximum absolute atomic E-state index is 12.0. The van der Waals surface area contributed by atoms with Gasteiger partial charge in [-0.1, -0.05) is 23.7 Å². The summed E-state index contributed by atoms with van der Waals surface area (Å²) in [5, 5.41) is 12.3. The molecule has 2 aromatic rings. The fraction of sp³-hybridized carbons (Fsp3) is 0.200. The average Bonchev–Trinajstić information content (AvgIpc) is 2.48. The fourth-order valence-corrected chi connectivity index (χ4v) is 1.90. The van der Waals surface area contributed by atoms with Gasteiger partial charge < -0.3 is 15.3 Å². The second kappa shape index (κ2) is 7.06. The monoisotopic (exact) mass is 305 g/mol. The number of carbonyl (C=O) groups excluding carboxylic acids is 1. The predicted octanol–water partition coefficient (Wildman–Crippen LogP) is 2.30. The molecule has 0 aliphatic rings. The molecule has 0 aliphatic carbocycles. The fourth-order valence-electron chi connectivity index (χ4n) is 1.78. The third kappa shape index (κ3) is 4.44. The highest BCUT2D eigenvalue weighted by Crippen LogP contribution is 2.13. The average molecular weight is 306 g/mol. The minimum absolute atomic E-state index is 0.0147. The van der Waals surface area contributed by atoms with Crippen molar-refractivity contribution in [2.24, 2.45) is 0 Å². The molecule has 0 saturated heterocycles. The van der Waals surface area contributed by atoms with Gasteiger partial charge in [-0.15, -0.1) is 0 Å².